The van der Waals surface area contributed by atoms with E-state index in [4.69, 9.17) is 4.74 Å². The molecule has 0 saturated carbocycles. The summed E-state index contributed by atoms with van der Waals surface area (Å²) in [6, 6.07) is 3.79. The zero-order valence-corrected chi connectivity index (χ0v) is 11.2. The van der Waals surface area contributed by atoms with E-state index < -0.39 is 11.7 Å². The van der Waals surface area contributed by atoms with Gasteiger partial charge >= 0.3 is 6.18 Å². The molecule has 1 aliphatic heterocycles. The molecule has 0 aromatic heterocycles. The number of Topliss-reactive ketones (excluding diaryl/α,β-unsaturated/α-hetero) is 1. The van der Waals surface area contributed by atoms with Crippen molar-refractivity contribution in [2.75, 3.05) is 26.3 Å². The smallest absolute Gasteiger partial charge is 0.379 e. The van der Waals surface area contributed by atoms with Crippen LogP contribution in [0.1, 0.15) is 28.4 Å². The van der Waals surface area contributed by atoms with Crippen LogP contribution in [0.25, 0.3) is 0 Å². The average molecular weight is 287 g/mol. The number of morpholine rings is 1. The third-order valence-corrected chi connectivity index (χ3v) is 3.32. The van der Waals surface area contributed by atoms with E-state index in [1.165, 1.54) is 19.1 Å². The first-order chi connectivity index (χ1) is 9.38. The molecule has 20 heavy (non-hydrogen) atoms. The van der Waals surface area contributed by atoms with Crippen LogP contribution in [0.3, 0.4) is 0 Å². The summed E-state index contributed by atoms with van der Waals surface area (Å²) in [6.07, 6.45) is -4.45. The van der Waals surface area contributed by atoms with E-state index in [0.29, 0.717) is 26.3 Å². The molecule has 1 fully saturated rings. The van der Waals surface area contributed by atoms with Crippen LogP contribution >= 0.6 is 0 Å². The lowest BCUT2D eigenvalue weighted by atomic mass is 10.0. The van der Waals surface area contributed by atoms with Gasteiger partial charge in [-0.1, -0.05) is 12.1 Å². The number of ether oxygens (including phenoxy) is 1. The molecular weight excluding hydrogens is 271 g/mol. The Kier molecular flexibility index (Phi) is 4.45. The van der Waals surface area contributed by atoms with E-state index in [9.17, 15) is 18.0 Å². The van der Waals surface area contributed by atoms with Crippen molar-refractivity contribution in [2.24, 2.45) is 0 Å². The van der Waals surface area contributed by atoms with Crippen LogP contribution in [0.15, 0.2) is 18.2 Å². The van der Waals surface area contributed by atoms with Crippen LogP contribution in [0, 0.1) is 0 Å². The Balaban J connectivity index is 2.28. The highest BCUT2D eigenvalue weighted by molar-refractivity contribution is 5.94. The molecule has 0 radical (unpaired) electrons. The fourth-order valence-corrected chi connectivity index (χ4v) is 2.20. The van der Waals surface area contributed by atoms with Crippen molar-refractivity contribution in [1.82, 2.24) is 4.90 Å². The summed E-state index contributed by atoms with van der Waals surface area (Å²) in [4.78, 5) is 13.1. The van der Waals surface area contributed by atoms with Gasteiger partial charge in [0.05, 0.1) is 18.8 Å². The van der Waals surface area contributed by atoms with E-state index in [2.05, 4.69) is 0 Å². The number of hydrogen-bond donors (Lipinski definition) is 0. The van der Waals surface area contributed by atoms with Gasteiger partial charge in [0.1, 0.15) is 0 Å². The van der Waals surface area contributed by atoms with E-state index >= 15 is 0 Å². The van der Waals surface area contributed by atoms with Gasteiger partial charge in [-0.25, -0.2) is 0 Å². The summed E-state index contributed by atoms with van der Waals surface area (Å²) in [7, 11) is 0. The van der Waals surface area contributed by atoms with Gasteiger partial charge in [0.25, 0.3) is 0 Å². The van der Waals surface area contributed by atoms with Crippen molar-refractivity contribution in [3.63, 3.8) is 0 Å². The lowest BCUT2D eigenvalue weighted by Crippen LogP contribution is -2.36. The number of nitrogens with zero attached hydrogens (tertiary/aromatic N) is 1. The molecule has 1 aromatic rings. The fourth-order valence-electron chi connectivity index (χ4n) is 2.20. The number of alkyl halides is 3. The number of rotatable bonds is 3. The maximum absolute atomic E-state index is 13.1. The average Bonchev–Trinajstić information content (AvgIpc) is 2.39. The Morgan fingerprint density at radius 2 is 1.95 bits per heavy atom. The zero-order valence-electron chi connectivity index (χ0n) is 11.2. The summed E-state index contributed by atoms with van der Waals surface area (Å²) in [5.41, 5.74) is -0.441. The molecule has 0 aliphatic carbocycles. The standard InChI is InChI=1S/C14H16F3NO2/c1-10(19)11-2-3-12(13(8-11)14(15,16)17)9-18-4-6-20-7-5-18/h2-3,8H,4-7,9H2,1H3. The Labute approximate surface area is 115 Å². The van der Waals surface area contributed by atoms with Gasteiger partial charge in [-0.05, 0) is 18.6 Å². The summed E-state index contributed by atoms with van der Waals surface area (Å²) >= 11 is 0. The van der Waals surface area contributed by atoms with Crippen molar-refractivity contribution >= 4 is 5.78 Å². The van der Waals surface area contributed by atoms with Gasteiger partial charge in [-0.3, -0.25) is 9.69 Å². The lowest BCUT2D eigenvalue weighted by molar-refractivity contribution is -0.138. The van der Waals surface area contributed by atoms with Gasteiger partial charge in [-0.15, -0.1) is 0 Å². The highest BCUT2D eigenvalue weighted by Crippen LogP contribution is 2.33. The highest BCUT2D eigenvalue weighted by atomic mass is 19.4. The molecule has 3 nitrogen and oxygen atoms in total. The molecular formula is C14H16F3NO2. The number of halogens is 3. The Morgan fingerprint density at radius 1 is 1.30 bits per heavy atom. The number of carbonyl (C=O) groups is 1. The third kappa shape index (κ3) is 3.58. The Bertz CT molecular complexity index is 494. The molecule has 0 amide bonds. The molecule has 6 heteroatoms. The monoisotopic (exact) mass is 287 g/mol. The van der Waals surface area contributed by atoms with Crippen molar-refractivity contribution in [3.8, 4) is 0 Å². The van der Waals surface area contributed by atoms with Crippen LogP contribution < -0.4 is 0 Å². The maximum atomic E-state index is 13.1. The van der Waals surface area contributed by atoms with Gasteiger partial charge < -0.3 is 4.74 Å². The summed E-state index contributed by atoms with van der Waals surface area (Å²) < 4.78 is 44.5. The molecule has 0 bridgehead atoms. The predicted octanol–water partition coefficient (Wildman–Crippen LogP) is 2.74. The second-order valence-electron chi connectivity index (χ2n) is 4.81. The molecule has 110 valence electrons. The van der Waals surface area contributed by atoms with Crippen molar-refractivity contribution in [2.45, 2.75) is 19.6 Å². The molecule has 0 spiro atoms. The summed E-state index contributed by atoms with van der Waals surface area (Å²) in [5.74, 6) is -0.367. The van der Waals surface area contributed by atoms with Gasteiger partial charge in [0.15, 0.2) is 5.78 Å². The van der Waals surface area contributed by atoms with Crippen LogP contribution in [-0.4, -0.2) is 37.0 Å². The van der Waals surface area contributed by atoms with E-state index in [-0.39, 0.29) is 23.5 Å². The van der Waals surface area contributed by atoms with Crippen LogP contribution in [0.2, 0.25) is 0 Å². The zero-order chi connectivity index (χ0) is 14.8. The molecule has 1 aliphatic rings. The van der Waals surface area contributed by atoms with E-state index in [1.807, 2.05) is 4.90 Å². The lowest BCUT2D eigenvalue weighted by Gasteiger charge is -2.27. The first kappa shape index (κ1) is 15.0. The second-order valence-corrected chi connectivity index (χ2v) is 4.81. The molecule has 1 heterocycles. The third-order valence-electron chi connectivity index (χ3n) is 3.32. The van der Waals surface area contributed by atoms with E-state index in [0.717, 1.165) is 6.07 Å². The maximum Gasteiger partial charge on any atom is 0.416 e. The number of carbonyl (C=O) groups excluding carboxylic acids is 1. The van der Waals surface area contributed by atoms with Crippen LogP contribution in [0.5, 0.6) is 0 Å². The largest absolute Gasteiger partial charge is 0.416 e. The number of benzene rings is 1. The predicted molar refractivity (Wildman–Crippen MR) is 67.5 cm³/mol. The topological polar surface area (TPSA) is 29.5 Å². The summed E-state index contributed by atoms with van der Waals surface area (Å²) in [5, 5.41) is 0. The van der Waals surface area contributed by atoms with Crippen LogP contribution in [0.4, 0.5) is 13.2 Å². The minimum Gasteiger partial charge on any atom is -0.379 e. The number of hydrogen-bond acceptors (Lipinski definition) is 3. The SMILES string of the molecule is CC(=O)c1ccc(CN2CCOCC2)c(C(F)(F)F)c1. The Hall–Kier alpha value is -1.40. The normalized spacial score (nSPS) is 17.2. The Morgan fingerprint density at radius 3 is 2.50 bits per heavy atom. The molecule has 0 unspecified atom stereocenters. The molecule has 1 saturated heterocycles. The molecule has 2 rings (SSSR count). The van der Waals surface area contributed by atoms with Crippen molar-refractivity contribution in [1.29, 1.82) is 0 Å². The van der Waals surface area contributed by atoms with E-state index in [1.54, 1.807) is 0 Å². The molecule has 0 N–H and O–H groups in total. The van der Waals surface area contributed by atoms with Gasteiger partial charge in [0, 0.05) is 25.2 Å². The van der Waals surface area contributed by atoms with Crippen molar-refractivity contribution in [3.05, 3.63) is 34.9 Å². The fraction of sp³-hybridized carbons (Fsp3) is 0.500. The second kappa shape index (κ2) is 5.93. The van der Waals surface area contributed by atoms with Gasteiger partial charge in [0.2, 0.25) is 0 Å². The summed E-state index contributed by atoms with van der Waals surface area (Å²) in [6.45, 7) is 3.78. The number of ketones is 1. The molecule has 0 atom stereocenters. The quantitative estimate of drug-likeness (QED) is 0.801. The van der Waals surface area contributed by atoms with Crippen LogP contribution in [-0.2, 0) is 17.5 Å². The highest BCUT2D eigenvalue weighted by Gasteiger charge is 2.34. The van der Waals surface area contributed by atoms with Gasteiger partial charge in [-0.2, -0.15) is 13.2 Å². The first-order valence-electron chi connectivity index (χ1n) is 6.39. The first-order valence-corrected chi connectivity index (χ1v) is 6.39. The minimum atomic E-state index is -4.45. The molecule has 1 aromatic carbocycles. The van der Waals surface area contributed by atoms with Crippen molar-refractivity contribution < 1.29 is 22.7 Å². The minimum absolute atomic E-state index is 0.0862.